The third-order valence-corrected chi connectivity index (χ3v) is 5.78. The minimum atomic E-state index is -0.0530. The van der Waals surface area contributed by atoms with Crippen LogP contribution in [0.3, 0.4) is 0 Å². The molecule has 4 rings (SSSR count). The van der Waals surface area contributed by atoms with Gasteiger partial charge in [0, 0.05) is 28.2 Å². The van der Waals surface area contributed by atoms with E-state index in [1.807, 2.05) is 36.5 Å². The molecular weight excluding hydrogens is 360 g/mol. The fourth-order valence-corrected chi connectivity index (χ4v) is 4.16. The van der Waals surface area contributed by atoms with Crippen LogP contribution in [0.15, 0.2) is 48.7 Å². The molecule has 1 saturated heterocycles. The number of nitrogens with zero attached hydrogens (tertiary/aromatic N) is 1. The summed E-state index contributed by atoms with van der Waals surface area (Å²) >= 11 is 6.27. The molecule has 27 heavy (non-hydrogen) atoms. The SMILES string of the molecule is COc1ccc(C(=O)n2cc(C(C)C3CCCN3)c3cc(Cl)ccc32)cc1. The molecule has 2 heterocycles. The number of aromatic nitrogens is 1. The topological polar surface area (TPSA) is 43.3 Å². The first-order chi connectivity index (χ1) is 13.1. The van der Waals surface area contributed by atoms with E-state index in [2.05, 4.69) is 12.2 Å². The van der Waals surface area contributed by atoms with Crippen LogP contribution < -0.4 is 10.1 Å². The molecule has 0 radical (unpaired) electrons. The molecule has 0 bridgehead atoms. The number of nitrogens with one attached hydrogen (secondary N) is 1. The number of fused-ring (bicyclic) bond motifs is 1. The molecule has 0 saturated carbocycles. The third-order valence-electron chi connectivity index (χ3n) is 5.55. The number of carbonyl (C=O) groups excluding carboxylic acids is 1. The molecule has 1 aromatic heterocycles. The van der Waals surface area contributed by atoms with Crippen molar-refractivity contribution in [3.05, 3.63) is 64.8 Å². The molecule has 1 aliphatic heterocycles. The molecule has 140 valence electrons. The highest BCUT2D eigenvalue weighted by atomic mass is 35.5. The molecule has 1 fully saturated rings. The van der Waals surface area contributed by atoms with E-state index in [0.29, 0.717) is 22.5 Å². The number of hydrogen-bond acceptors (Lipinski definition) is 3. The molecule has 1 N–H and O–H groups in total. The molecule has 0 amide bonds. The zero-order valence-electron chi connectivity index (χ0n) is 15.5. The van der Waals surface area contributed by atoms with Crippen molar-refractivity contribution in [1.82, 2.24) is 9.88 Å². The smallest absolute Gasteiger partial charge is 0.262 e. The van der Waals surface area contributed by atoms with Crippen LogP contribution in [0.1, 0.15) is 41.6 Å². The van der Waals surface area contributed by atoms with Crippen molar-refractivity contribution in [3.8, 4) is 5.75 Å². The van der Waals surface area contributed by atoms with Crippen LogP contribution in [-0.4, -0.2) is 30.2 Å². The van der Waals surface area contributed by atoms with Crippen molar-refractivity contribution < 1.29 is 9.53 Å². The first-order valence-corrected chi connectivity index (χ1v) is 9.69. The molecule has 0 aliphatic carbocycles. The Morgan fingerprint density at radius 3 is 2.70 bits per heavy atom. The minimum absolute atomic E-state index is 0.0530. The Kier molecular flexibility index (Phi) is 4.94. The van der Waals surface area contributed by atoms with Crippen molar-refractivity contribution in [3.63, 3.8) is 0 Å². The van der Waals surface area contributed by atoms with Crippen LogP contribution >= 0.6 is 11.6 Å². The molecule has 2 aromatic carbocycles. The van der Waals surface area contributed by atoms with Gasteiger partial charge in [-0.25, -0.2) is 0 Å². The highest BCUT2D eigenvalue weighted by Gasteiger charge is 2.26. The monoisotopic (exact) mass is 382 g/mol. The van der Waals surface area contributed by atoms with Crippen molar-refractivity contribution in [2.45, 2.75) is 31.7 Å². The van der Waals surface area contributed by atoms with E-state index in [0.717, 1.165) is 35.2 Å². The predicted octanol–water partition coefficient (Wildman–Crippen LogP) is 4.85. The van der Waals surface area contributed by atoms with Crippen LogP contribution in [0, 0.1) is 0 Å². The average Bonchev–Trinajstić information content (AvgIpc) is 3.35. The van der Waals surface area contributed by atoms with Gasteiger partial charge in [-0.15, -0.1) is 0 Å². The third kappa shape index (κ3) is 3.35. The van der Waals surface area contributed by atoms with Gasteiger partial charge in [-0.3, -0.25) is 9.36 Å². The van der Waals surface area contributed by atoms with E-state index < -0.39 is 0 Å². The largest absolute Gasteiger partial charge is 0.497 e. The van der Waals surface area contributed by atoms with E-state index >= 15 is 0 Å². The van der Waals surface area contributed by atoms with Crippen LogP contribution in [0.25, 0.3) is 10.9 Å². The Balaban J connectivity index is 1.79. The van der Waals surface area contributed by atoms with Crippen LogP contribution in [-0.2, 0) is 0 Å². The first-order valence-electron chi connectivity index (χ1n) is 9.31. The molecule has 2 atom stereocenters. The highest BCUT2D eigenvalue weighted by Crippen LogP contribution is 2.34. The van der Waals surface area contributed by atoms with Gasteiger partial charge in [-0.2, -0.15) is 0 Å². The summed E-state index contributed by atoms with van der Waals surface area (Å²) in [4.78, 5) is 13.2. The van der Waals surface area contributed by atoms with Crippen LogP contribution in [0.4, 0.5) is 0 Å². The zero-order chi connectivity index (χ0) is 19.0. The fourth-order valence-electron chi connectivity index (χ4n) is 3.99. The number of carbonyl (C=O) groups is 1. The number of methoxy groups -OCH3 is 1. The molecule has 0 spiro atoms. The molecule has 2 unspecified atom stereocenters. The maximum atomic E-state index is 13.2. The Morgan fingerprint density at radius 1 is 1.26 bits per heavy atom. The van der Waals surface area contributed by atoms with E-state index in [-0.39, 0.29) is 5.91 Å². The molecule has 5 heteroatoms. The summed E-state index contributed by atoms with van der Waals surface area (Å²) in [6.07, 6.45) is 4.33. The highest BCUT2D eigenvalue weighted by molar-refractivity contribution is 6.31. The minimum Gasteiger partial charge on any atom is -0.497 e. The van der Waals surface area contributed by atoms with Gasteiger partial charge >= 0.3 is 0 Å². The summed E-state index contributed by atoms with van der Waals surface area (Å²) < 4.78 is 6.94. The summed E-state index contributed by atoms with van der Waals surface area (Å²) in [5, 5.41) is 5.31. The van der Waals surface area contributed by atoms with E-state index in [1.54, 1.807) is 23.8 Å². The second-order valence-corrected chi connectivity index (χ2v) is 7.58. The average molecular weight is 383 g/mol. The predicted molar refractivity (Wildman–Crippen MR) is 109 cm³/mol. The van der Waals surface area contributed by atoms with Crippen molar-refractivity contribution >= 4 is 28.4 Å². The van der Waals surface area contributed by atoms with Gasteiger partial charge in [0.1, 0.15) is 5.75 Å². The Hall–Kier alpha value is -2.30. The number of ether oxygens (including phenoxy) is 1. The zero-order valence-corrected chi connectivity index (χ0v) is 16.3. The maximum absolute atomic E-state index is 13.2. The second kappa shape index (κ2) is 7.37. The quantitative estimate of drug-likeness (QED) is 0.701. The van der Waals surface area contributed by atoms with Gasteiger partial charge in [0.25, 0.3) is 5.91 Å². The number of benzene rings is 2. The summed E-state index contributed by atoms with van der Waals surface area (Å²) in [5.74, 6) is 0.985. The van der Waals surface area contributed by atoms with Crippen molar-refractivity contribution in [2.75, 3.05) is 13.7 Å². The molecule has 4 nitrogen and oxygen atoms in total. The van der Waals surface area contributed by atoms with E-state index in [4.69, 9.17) is 16.3 Å². The maximum Gasteiger partial charge on any atom is 0.262 e. The second-order valence-electron chi connectivity index (χ2n) is 7.14. The Morgan fingerprint density at radius 2 is 2.04 bits per heavy atom. The lowest BCUT2D eigenvalue weighted by molar-refractivity contribution is 0.0964. The number of rotatable bonds is 4. The summed E-state index contributed by atoms with van der Waals surface area (Å²) in [6.45, 7) is 3.28. The van der Waals surface area contributed by atoms with Crippen molar-refractivity contribution in [1.29, 1.82) is 0 Å². The number of hydrogen-bond donors (Lipinski definition) is 1. The summed E-state index contributed by atoms with van der Waals surface area (Å²) in [6, 6.07) is 13.4. The standard InChI is InChI=1S/C22H23ClN2O2/c1-14(20-4-3-11-24-20)19-13-25(21-10-7-16(23)12-18(19)21)22(26)15-5-8-17(27-2)9-6-15/h5-10,12-14,20,24H,3-4,11H2,1-2H3. The van der Waals surface area contributed by atoms with Crippen molar-refractivity contribution in [2.24, 2.45) is 0 Å². The van der Waals surface area contributed by atoms with Crippen LogP contribution in [0.5, 0.6) is 5.75 Å². The van der Waals surface area contributed by atoms with Crippen LogP contribution in [0.2, 0.25) is 5.02 Å². The molecule has 1 aliphatic rings. The summed E-state index contributed by atoms with van der Waals surface area (Å²) in [7, 11) is 1.62. The Labute approximate surface area is 164 Å². The van der Waals surface area contributed by atoms with Gasteiger partial charge in [0.05, 0.1) is 12.6 Å². The number of halogens is 1. The van der Waals surface area contributed by atoms with E-state index in [1.165, 1.54) is 6.42 Å². The first kappa shape index (κ1) is 18.1. The van der Waals surface area contributed by atoms with E-state index in [9.17, 15) is 4.79 Å². The molecular formula is C22H23ClN2O2. The normalized spacial score (nSPS) is 18.0. The summed E-state index contributed by atoms with van der Waals surface area (Å²) in [5.41, 5.74) is 2.68. The van der Waals surface area contributed by atoms with Gasteiger partial charge in [-0.1, -0.05) is 18.5 Å². The lowest BCUT2D eigenvalue weighted by Gasteiger charge is -2.19. The van der Waals surface area contributed by atoms with Gasteiger partial charge < -0.3 is 10.1 Å². The van der Waals surface area contributed by atoms with Gasteiger partial charge in [-0.05, 0) is 73.3 Å². The lowest BCUT2D eigenvalue weighted by atomic mass is 9.92. The fraction of sp³-hybridized carbons (Fsp3) is 0.318. The Bertz CT molecular complexity index is 972. The lowest BCUT2D eigenvalue weighted by Crippen LogP contribution is -2.27. The molecule has 3 aromatic rings. The van der Waals surface area contributed by atoms with Gasteiger partial charge in [0.15, 0.2) is 0 Å². The van der Waals surface area contributed by atoms with Gasteiger partial charge in [0.2, 0.25) is 0 Å².